The molecule has 2 heterocycles. The highest BCUT2D eigenvalue weighted by Gasteiger charge is 2.28. The van der Waals surface area contributed by atoms with Gasteiger partial charge >= 0.3 is 0 Å². The molecule has 0 spiro atoms. The minimum Gasteiger partial charge on any atom is -0.494 e. The lowest BCUT2D eigenvalue weighted by atomic mass is 10.2. The molecule has 0 atom stereocenters. The first-order valence-corrected chi connectivity index (χ1v) is 10.4. The largest absolute Gasteiger partial charge is 0.494 e. The van der Waals surface area contributed by atoms with E-state index in [1.54, 1.807) is 21.8 Å². The Morgan fingerprint density at radius 1 is 1.08 bits per heavy atom. The number of rotatable bonds is 6. The molecule has 7 heteroatoms. The van der Waals surface area contributed by atoms with Gasteiger partial charge in [0.1, 0.15) is 9.96 Å². The van der Waals surface area contributed by atoms with Gasteiger partial charge < -0.3 is 4.74 Å². The van der Waals surface area contributed by atoms with Crippen molar-refractivity contribution in [1.29, 1.82) is 0 Å². The minimum absolute atomic E-state index is 0.433. The van der Waals surface area contributed by atoms with Crippen molar-refractivity contribution in [3.8, 4) is 5.75 Å². The Bertz CT molecular complexity index is 735. The zero-order chi connectivity index (χ0) is 17.0. The molecule has 1 aliphatic heterocycles. The van der Waals surface area contributed by atoms with E-state index in [0.717, 1.165) is 25.4 Å². The third-order valence-electron chi connectivity index (χ3n) is 4.06. The van der Waals surface area contributed by atoms with E-state index in [-0.39, 0.29) is 0 Å². The van der Waals surface area contributed by atoms with E-state index >= 15 is 0 Å². The first-order valence-electron chi connectivity index (χ1n) is 8.07. The molecule has 0 bridgehead atoms. The van der Waals surface area contributed by atoms with Crippen molar-refractivity contribution < 1.29 is 13.2 Å². The summed E-state index contributed by atoms with van der Waals surface area (Å²) in [7, 11) is -3.32. The summed E-state index contributed by atoms with van der Waals surface area (Å²) in [5.41, 5.74) is 1.22. The van der Waals surface area contributed by atoms with Gasteiger partial charge in [-0.1, -0.05) is 18.2 Å². The molecule has 130 valence electrons. The predicted octanol–water partition coefficient (Wildman–Crippen LogP) is 2.65. The predicted molar refractivity (Wildman–Crippen MR) is 96.0 cm³/mol. The van der Waals surface area contributed by atoms with E-state index in [4.69, 9.17) is 4.74 Å². The van der Waals surface area contributed by atoms with Crippen molar-refractivity contribution in [3.63, 3.8) is 0 Å². The van der Waals surface area contributed by atoms with Crippen LogP contribution in [0, 0.1) is 0 Å². The van der Waals surface area contributed by atoms with Gasteiger partial charge in [-0.3, -0.25) is 4.90 Å². The highest BCUT2D eigenvalue weighted by molar-refractivity contribution is 7.91. The zero-order valence-corrected chi connectivity index (χ0v) is 15.4. The molecule has 1 fully saturated rings. The maximum absolute atomic E-state index is 12.5. The summed E-state index contributed by atoms with van der Waals surface area (Å²) < 4.78 is 32.5. The zero-order valence-electron chi connectivity index (χ0n) is 13.7. The van der Waals surface area contributed by atoms with Crippen molar-refractivity contribution in [2.75, 3.05) is 32.8 Å². The highest BCUT2D eigenvalue weighted by Crippen LogP contribution is 2.22. The fourth-order valence-electron chi connectivity index (χ4n) is 2.78. The highest BCUT2D eigenvalue weighted by atomic mass is 32.2. The molecule has 0 unspecified atom stereocenters. The Kier molecular flexibility index (Phi) is 5.55. The molecule has 5 nitrogen and oxygen atoms in total. The van der Waals surface area contributed by atoms with E-state index in [1.165, 1.54) is 16.9 Å². The van der Waals surface area contributed by atoms with Gasteiger partial charge in [0.25, 0.3) is 10.0 Å². The molecule has 1 aromatic carbocycles. The molecule has 1 aromatic heterocycles. The van der Waals surface area contributed by atoms with E-state index in [2.05, 4.69) is 17.0 Å². The van der Waals surface area contributed by atoms with Crippen LogP contribution in [0.15, 0.2) is 46.0 Å². The van der Waals surface area contributed by atoms with Crippen LogP contribution in [0.5, 0.6) is 5.75 Å². The number of hydrogen-bond acceptors (Lipinski definition) is 5. The number of hydrogen-bond donors (Lipinski definition) is 0. The fraction of sp³-hybridized carbons (Fsp3) is 0.412. The van der Waals surface area contributed by atoms with E-state index in [0.29, 0.717) is 23.9 Å². The first kappa shape index (κ1) is 17.4. The summed E-state index contributed by atoms with van der Waals surface area (Å²) in [5.74, 6) is 0.883. The van der Waals surface area contributed by atoms with Gasteiger partial charge in [0.05, 0.1) is 6.61 Å². The second kappa shape index (κ2) is 7.65. The summed E-state index contributed by atoms with van der Waals surface area (Å²) in [5, 5.41) is 1.80. The molecule has 0 N–H and O–H groups in total. The smallest absolute Gasteiger partial charge is 0.252 e. The molecule has 0 aliphatic carbocycles. The second-order valence-corrected chi connectivity index (χ2v) is 8.80. The number of sulfonamides is 1. The summed E-state index contributed by atoms with van der Waals surface area (Å²) in [6.07, 6.45) is 0. The normalized spacial score (nSPS) is 17.0. The lowest BCUT2D eigenvalue weighted by Crippen LogP contribution is -2.48. The summed E-state index contributed by atoms with van der Waals surface area (Å²) in [6, 6.07) is 11.6. The Morgan fingerprint density at radius 3 is 2.38 bits per heavy atom. The molecular weight excluding hydrogens is 344 g/mol. The number of thiophene rings is 1. The van der Waals surface area contributed by atoms with Crippen LogP contribution in [0.4, 0.5) is 0 Å². The second-order valence-electron chi connectivity index (χ2n) is 5.69. The number of benzene rings is 1. The van der Waals surface area contributed by atoms with Crippen LogP contribution < -0.4 is 4.74 Å². The van der Waals surface area contributed by atoms with Crippen molar-refractivity contribution in [3.05, 3.63) is 47.3 Å². The monoisotopic (exact) mass is 366 g/mol. The van der Waals surface area contributed by atoms with Crippen LogP contribution in [-0.4, -0.2) is 50.4 Å². The van der Waals surface area contributed by atoms with Crippen LogP contribution in [-0.2, 0) is 16.6 Å². The first-order chi connectivity index (χ1) is 11.6. The molecular formula is C17H22N2O3S2. The third kappa shape index (κ3) is 3.97. The third-order valence-corrected chi connectivity index (χ3v) is 7.33. The van der Waals surface area contributed by atoms with Crippen molar-refractivity contribution in [1.82, 2.24) is 9.21 Å². The molecule has 1 saturated heterocycles. The fourth-order valence-corrected chi connectivity index (χ4v) is 5.35. The standard InChI is InChI=1S/C17H22N2O3S2/c1-2-22-16-7-5-15(6-8-16)14-18-9-11-19(12-10-18)24(20,21)17-4-3-13-23-17/h3-8,13H,2,9-12,14H2,1H3. The summed E-state index contributed by atoms with van der Waals surface area (Å²) >= 11 is 1.28. The Balaban J connectivity index is 1.55. The van der Waals surface area contributed by atoms with Crippen LogP contribution in [0.2, 0.25) is 0 Å². The lowest BCUT2D eigenvalue weighted by molar-refractivity contribution is 0.181. The summed E-state index contributed by atoms with van der Waals surface area (Å²) in [6.45, 7) is 6.04. The van der Waals surface area contributed by atoms with Gasteiger partial charge in [0, 0.05) is 32.7 Å². The van der Waals surface area contributed by atoms with E-state index in [9.17, 15) is 8.42 Å². The van der Waals surface area contributed by atoms with Crippen molar-refractivity contribution >= 4 is 21.4 Å². The van der Waals surface area contributed by atoms with Crippen LogP contribution >= 0.6 is 11.3 Å². The van der Waals surface area contributed by atoms with E-state index < -0.39 is 10.0 Å². The molecule has 24 heavy (non-hydrogen) atoms. The minimum atomic E-state index is -3.32. The molecule has 0 amide bonds. The van der Waals surface area contributed by atoms with Gasteiger partial charge in [-0.05, 0) is 36.1 Å². The maximum Gasteiger partial charge on any atom is 0.252 e. The average Bonchev–Trinajstić information content (AvgIpc) is 3.13. The van der Waals surface area contributed by atoms with Gasteiger partial charge in [-0.25, -0.2) is 8.42 Å². The average molecular weight is 367 g/mol. The van der Waals surface area contributed by atoms with Crippen LogP contribution in [0.3, 0.4) is 0 Å². The van der Waals surface area contributed by atoms with Crippen LogP contribution in [0.1, 0.15) is 12.5 Å². The molecule has 0 saturated carbocycles. The van der Waals surface area contributed by atoms with E-state index in [1.807, 2.05) is 19.1 Å². The Labute approximate surface area is 147 Å². The summed E-state index contributed by atoms with van der Waals surface area (Å²) in [4.78, 5) is 2.29. The Hall–Kier alpha value is -1.41. The quantitative estimate of drug-likeness (QED) is 0.789. The lowest BCUT2D eigenvalue weighted by Gasteiger charge is -2.33. The van der Waals surface area contributed by atoms with Gasteiger partial charge in [-0.15, -0.1) is 11.3 Å². The van der Waals surface area contributed by atoms with Gasteiger partial charge in [-0.2, -0.15) is 4.31 Å². The van der Waals surface area contributed by atoms with Crippen molar-refractivity contribution in [2.24, 2.45) is 0 Å². The number of ether oxygens (including phenoxy) is 1. The topological polar surface area (TPSA) is 49.9 Å². The number of piperazine rings is 1. The molecule has 0 radical (unpaired) electrons. The number of nitrogens with zero attached hydrogens (tertiary/aromatic N) is 2. The van der Waals surface area contributed by atoms with Gasteiger partial charge in [0.15, 0.2) is 0 Å². The Morgan fingerprint density at radius 2 is 1.79 bits per heavy atom. The SMILES string of the molecule is CCOc1ccc(CN2CCN(S(=O)(=O)c3cccs3)CC2)cc1. The van der Waals surface area contributed by atoms with Crippen LogP contribution in [0.25, 0.3) is 0 Å². The van der Waals surface area contributed by atoms with Gasteiger partial charge in [0.2, 0.25) is 0 Å². The molecule has 2 aromatic rings. The van der Waals surface area contributed by atoms with Crippen molar-refractivity contribution in [2.45, 2.75) is 17.7 Å². The molecule has 3 rings (SSSR count). The molecule has 1 aliphatic rings. The maximum atomic E-state index is 12.5.